The minimum atomic E-state index is -0.930. The van der Waals surface area contributed by atoms with Crippen molar-refractivity contribution in [1.29, 1.82) is 0 Å². The number of carboxylic acids is 1. The van der Waals surface area contributed by atoms with E-state index in [4.69, 9.17) is 5.11 Å². The number of carbonyl (C=O) groups excluding carboxylic acids is 1. The molecule has 1 heterocycles. The maximum atomic E-state index is 12.0. The lowest BCUT2D eigenvalue weighted by Gasteiger charge is -2.12. The van der Waals surface area contributed by atoms with Crippen molar-refractivity contribution in [3.8, 4) is 0 Å². The number of aliphatic carboxylic acids is 1. The second-order valence-corrected chi connectivity index (χ2v) is 4.22. The number of aromatic nitrogens is 1. The molecule has 5 nitrogen and oxygen atoms in total. The third-order valence-corrected chi connectivity index (χ3v) is 2.69. The standard InChI is InChI=1S/C13H14N2O3/c1-8(7-11(16)17)15-13(18)10-4-2-3-9-5-6-14-12(9)10/h2-6,8,14H,7H2,1H3,(H,15,18)(H,16,17). The molecule has 0 aliphatic rings. The van der Waals surface area contributed by atoms with Crippen molar-refractivity contribution in [2.45, 2.75) is 19.4 Å². The summed E-state index contributed by atoms with van der Waals surface area (Å²) in [5, 5.41) is 12.3. The quantitative estimate of drug-likeness (QED) is 0.768. The van der Waals surface area contributed by atoms with Gasteiger partial charge in [0.05, 0.1) is 17.5 Å². The molecule has 0 saturated heterocycles. The number of rotatable bonds is 4. The minimum Gasteiger partial charge on any atom is -0.481 e. The molecular formula is C13H14N2O3. The predicted octanol–water partition coefficient (Wildman–Crippen LogP) is 1.76. The zero-order valence-corrected chi connectivity index (χ0v) is 9.93. The van der Waals surface area contributed by atoms with E-state index in [9.17, 15) is 9.59 Å². The van der Waals surface area contributed by atoms with Gasteiger partial charge in [-0.1, -0.05) is 12.1 Å². The second kappa shape index (κ2) is 4.91. The van der Waals surface area contributed by atoms with Crippen molar-refractivity contribution < 1.29 is 14.7 Å². The summed E-state index contributed by atoms with van der Waals surface area (Å²) < 4.78 is 0. The van der Waals surface area contributed by atoms with E-state index in [0.29, 0.717) is 5.56 Å². The van der Waals surface area contributed by atoms with Crippen LogP contribution in [0.25, 0.3) is 10.9 Å². The summed E-state index contributed by atoms with van der Waals surface area (Å²) in [5.74, 6) is -1.20. The van der Waals surface area contributed by atoms with Gasteiger partial charge in [0.15, 0.2) is 0 Å². The minimum absolute atomic E-state index is 0.0908. The second-order valence-electron chi connectivity index (χ2n) is 4.22. The highest BCUT2D eigenvalue weighted by Gasteiger charge is 2.14. The predicted molar refractivity (Wildman–Crippen MR) is 67.5 cm³/mol. The van der Waals surface area contributed by atoms with Crippen LogP contribution in [0.1, 0.15) is 23.7 Å². The molecule has 0 spiro atoms. The smallest absolute Gasteiger partial charge is 0.305 e. The summed E-state index contributed by atoms with van der Waals surface area (Å²) >= 11 is 0. The first-order valence-electron chi connectivity index (χ1n) is 5.66. The van der Waals surface area contributed by atoms with Crippen LogP contribution >= 0.6 is 0 Å². The van der Waals surface area contributed by atoms with Crippen molar-refractivity contribution in [2.75, 3.05) is 0 Å². The van der Waals surface area contributed by atoms with Crippen LogP contribution in [0.3, 0.4) is 0 Å². The van der Waals surface area contributed by atoms with Crippen molar-refractivity contribution in [2.24, 2.45) is 0 Å². The van der Waals surface area contributed by atoms with Gasteiger partial charge in [0.1, 0.15) is 0 Å². The number of nitrogens with one attached hydrogen (secondary N) is 2. The molecular weight excluding hydrogens is 232 g/mol. The van der Waals surface area contributed by atoms with E-state index >= 15 is 0 Å². The number of aromatic amines is 1. The lowest BCUT2D eigenvalue weighted by Crippen LogP contribution is -2.34. The van der Waals surface area contributed by atoms with Crippen LogP contribution in [0.2, 0.25) is 0 Å². The van der Waals surface area contributed by atoms with Crippen LogP contribution in [0.4, 0.5) is 0 Å². The molecule has 1 aromatic heterocycles. The average Bonchev–Trinajstić information content (AvgIpc) is 2.74. The summed E-state index contributed by atoms with van der Waals surface area (Å²) in [7, 11) is 0. The number of H-pyrrole nitrogens is 1. The maximum Gasteiger partial charge on any atom is 0.305 e. The van der Waals surface area contributed by atoms with E-state index in [0.717, 1.165) is 10.9 Å². The van der Waals surface area contributed by atoms with Gasteiger partial charge in [0.2, 0.25) is 0 Å². The van der Waals surface area contributed by atoms with Gasteiger partial charge in [-0.15, -0.1) is 0 Å². The highest BCUT2D eigenvalue weighted by molar-refractivity contribution is 6.05. The van der Waals surface area contributed by atoms with Gasteiger partial charge in [-0.05, 0) is 19.1 Å². The summed E-state index contributed by atoms with van der Waals surface area (Å²) in [5.41, 5.74) is 1.28. The van der Waals surface area contributed by atoms with E-state index in [1.807, 2.05) is 12.1 Å². The van der Waals surface area contributed by atoms with Gasteiger partial charge in [-0.25, -0.2) is 0 Å². The van der Waals surface area contributed by atoms with Crippen molar-refractivity contribution in [3.63, 3.8) is 0 Å². The molecule has 18 heavy (non-hydrogen) atoms. The first-order chi connectivity index (χ1) is 8.58. The van der Waals surface area contributed by atoms with E-state index in [2.05, 4.69) is 10.3 Å². The van der Waals surface area contributed by atoms with Gasteiger partial charge < -0.3 is 15.4 Å². The Labute approximate surface area is 104 Å². The Morgan fingerprint density at radius 3 is 2.89 bits per heavy atom. The molecule has 94 valence electrons. The summed E-state index contributed by atoms with van der Waals surface area (Å²) in [6, 6.07) is 6.89. The van der Waals surface area contributed by atoms with Crippen molar-refractivity contribution >= 4 is 22.8 Å². The Kier molecular flexibility index (Phi) is 3.32. The normalized spacial score (nSPS) is 12.3. The summed E-state index contributed by atoms with van der Waals surface area (Å²) in [6.07, 6.45) is 1.68. The first kappa shape index (κ1) is 12.2. The van der Waals surface area contributed by atoms with Crippen LogP contribution < -0.4 is 5.32 Å². The van der Waals surface area contributed by atoms with E-state index < -0.39 is 12.0 Å². The Morgan fingerprint density at radius 1 is 1.39 bits per heavy atom. The van der Waals surface area contributed by atoms with E-state index in [1.165, 1.54) is 0 Å². The number of carboxylic acid groups (broad SMARTS) is 1. The molecule has 1 aromatic carbocycles. The number of benzene rings is 1. The fraction of sp³-hybridized carbons (Fsp3) is 0.231. The van der Waals surface area contributed by atoms with Gasteiger partial charge in [-0.3, -0.25) is 9.59 Å². The zero-order valence-electron chi connectivity index (χ0n) is 9.93. The third-order valence-electron chi connectivity index (χ3n) is 2.69. The Hall–Kier alpha value is -2.30. The fourth-order valence-electron chi connectivity index (χ4n) is 1.89. The fourth-order valence-corrected chi connectivity index (χ4v) is 1.89. The molecule has 0 radical (unpaired) electrons. The molecule has 0 bridgehead atoms. The highest BCUT2D eigenvalue weighted by Crippen LogP contribution is 2.16. The molecule has 1 amide bonds. The van der Waals surface area contributed by atoms with E-state index in [1.54, 1.807) is 25.3 Å². The molecule has 0 aliphatic heterocycles. The Balaban J connectivity index is 2.18. The molecule has 2 rings (SSSR count). The monoisotopic (exact) mass is 246 g/mol. The molecule has 0 saturated carbocycles. The zero-order chi connectivity index (χ0) is 13.1. The highest BCUT2D eigenvalue weighted by atomic mass is 16.4. The molecule has 5 heteroatoms. The largest absolute Gasteiger partial charge is 0.481 e. The molecule has 1 unspecified atom stereocenters. The van der Waals surface area contributed by atoms with Crippen LogP contribution in [0, 0.1) is 0 Å². The number of hydrogen-bond donors (Lipinski definition) is 3. The van der Waals surface area contributed by atoms with Crippen LogP contribution in [0.15, 0.2) is 30.5 Å². The first-order valence-corrected chi connectivity index (χ1v) is 5.66. The number of amides is 1. The lowest BCUT2D eigenvalue weighted by molar-refractivity contribution is -0.137. The molecule has 0 fully saturated rings. The van der Waals surface area contributed by atoms with Crippen molar-refractivity contribution in [3.05, 3.63) is 36.0 Å². The maximum absolute atomic E-state index is 12.0. The Bertz CT molecular complexity index is 589. The number of hydrogen-bond acceptors (Lipinski definition) is 2. The van der Waals surface area contributed by atoms with Crippen LogP contribution in [0.5, 0.6) is 0 Å². The molecule has 1 atom stereocenters. The number of carbonyl (C=O) groups is 2. The SMILES string of the molecule is CC(CC(=O)O)NC(=O)c1cccc2cc[nH]c12. The Morgan fingerprint density at radius 2 is 2.17 bits per heavy atom. The third kappa shape index (κ3) is 2.51. The average molecular weight is 246 g/mol. The van der Waals surface area contributed by atoms with Gasteiger partial charge in [-0.2, -0.15) is 0 Å². The molecule has 3 N–H and O–H groups in total. The lowest BCUT2D eigenvalue weighted by atomic mass is 10.1. The molecule has 0 aliphatic carbocycles. The topological polar surface area (TPSA) is 82.2 Å². The van der Waals surface area contributed by atoms with Crippen molar-refractivity contribution in [1.82, 2.24) is 10.3 Å². The summed E-state index contributed by atoms with van der Waals surface area (Å²) in [6.45, 7) is 1.67. The summed E-state index contributed by atoms with van der Waals surface area (Å²) in [4.78, 5) is 25.6. The van der Waals surface area contributed by atoms with Gasteiger partial charge in [0, 0.05) is 17.6 Å². The number of fused-ring (bicyclic) bond motifs is 1. The number of para-hydroxylation sites is 1. The van der Waals surface area contributed by atoms with E-state index in [-0.39, 0.29) is 12.3 Å². The van der Waals surface area contributed by atoms with Gasteiger partial charge in [0.25, 0.3) is 5.91 Å². The molecule has 2 aromatic rings. The van der Waals surface area contributed by atoms with Gasteiger partial charge >= 0.3 is 5.97 Å². The van der Waals surface area contributed by atoms with Crippen LogP contribution in [-0.4, -0.2) is 28.0 Å². The van der Waals surface area contributed by atoms with Crippen LogP contribution in [-0.2, 0) is 4.79 Å².